The first-order valence-electron chi connectivity index (χ1n) is 4.46. The highest BCUT2D eigenvalue weighted by atomic mass is 19.1. The normalized spacial score (nSPS) is 37.5. The molecule has 0 aromatic heterocycles. The lowest BCUT2D eigenvalue weighted by Crippen LogP contribution is -1.79. The fourth-order valence-electron chi connectivity index (χ4n) is 1.32. The molecule has 1 rings (SSSR count). The van der Waals surface area contributed by atoms with Crippen molar-refractivity contribution in [3.8, 4) is 0 Å². The van der Waals surface area contributed by atoms with Crippen LogP contribution >= 0.6 is 0 Å². The lowest BCUT2D eigenvalue weighted by Gasteiger charge is -1.93. The quantitative estimate of drug-likeness (QED) is 0.550. The molecule has 0 amide bonds. The Morgan fingerprint density at radius 2 is 2.09 bits per heavy atom. The van der Waals surface area contributed by atoms with Gasteiger partial charge < -0.3 is 0 Å². The van der Waals surface area contributed by atoms with Crippen molar-refractivity contribution < 1.29 is 4.39 Å². The number of alkyl halides is 1. The minimum absolute atomic E-state index is 0.316. The Morgan fingerprint density at radius 3 is 2.45 bits per heavy atom. The van der Waals surface area contributed by atoms with Gasteiger partial charge in [0, 0.05) is 0 Å². The highest BCUT2D eigenvalue weighted by Gasteiger charge is 2.46. The Morgan fingerprint density at radius 1 is 1.55 bits per heavy atom. The van der Waals surface area contributed by atoms with Gasteiger partial charge in [0.15, 0.2) is 0 Å². The van der Waals surface area contributed by atoms with E-state index in [4.69, 9.17) is 0 Å². The molecule has 0 aromatic rings. The Kier molecular flexibility index (Phi) is 2.69. The zero-order valence-corrected chi connectivity index (χ0v) is 7.60. The van der Waals surface area contributed by atoms with Crippen molar-refractivity contribution in [2.75, 3.05) is 0 Å². The Balaban J connectivity index is 2.24. The fourth-order valence-corrected chi connectivity index (χ4v) is 1.32. The average molecular weight is 156 g/mol. The van der Waals surface area contributed by atoms with E-state index in [0.29, 0.717) is 11.8 Å². The van der Waals surface area contributed by atoms with Crippen LogP contribution in [0.5, 0.6) is 0 Å². The first kappa shape index (κ1) is 8.76. The maximum absolute atomic E-state index is 12.7. The van der Waals surface area contributed by atoms with Crippen LogP contribution in [0.4, 0.5) is 4.39 Å². The second-order valence-electron chi connectivity index (χ2n) is 3.61. The summed E-state index contributed by atoms with van der Waals surface area (Å²) in [5.41, 5.74) is 1.39. The number of halogens is 1. The van der Waals surface area contributed by atoms with Crippen LogP contribution in [0.1, 0.15) is 33.6 Å². The summed E-state index contributed by atoms with van der Waals surface area (Å²) in [7, 11) is 0. The molecule has 3 atom stereocenters. The minimum atomic E-state index is -0.518. The summed E-state index contributed by atoms with van der Waals surface area (Å²) in [5.74, 6) is 0.646. The van der Waals surface area contributed by atoms with E-state index in [-0.39, 0.29) is 0 Å². The molecule has 1 fully saturated rings. The highest BCUT2D eigenvalue weighted by Crippen LogP contribution is 2.44. The number of hydrogen-bond donors (Lipinski definition) is 0. The Bertz CT molecular complexity index is 152. The molecule has 0 saturated heterocycles. The fraction of sp³-hybridized carbons (Fsp3) is 0.800. The molecule has 3 unspecified atom stereocenters. The van der Waals surface area contributed by atoms with E-state index in [9.17, 15) is 4.39 Å². The summed E-state index contributed by atoms with van der Waals surface area (Å²) < 4.78 is 12.7. The second-order valence-corrected chi connectivity index (χ2v) is 3.61. The van der Waals surface area contributed by atoms with Gasteiger partial charge in [-0.05, 0) is 31.6 Å². The molecule has 64 valence electrons. The molecule has 0 spiro atoms. The van der Waals surface area contributed by atoms with Crippen molar-refractivity contribution in [2.45, 2.75) is 39.8 Å². The van der Waals surface area contributed by atoms with Crippen molar-refractivity contribution in [3.05, 3.63) is 11.6 Å². The molecular weight excluding hydrogens is 139 g/mol. The summed E-state index contributed by atoms with van der Waals surface area (Å²) in [6.07, 6.45) is 3.71. The standard InChI is InChI=1S/C10H17F/c1-4-7(2)5-6-9-8(3)10(9)11/h5,8-10H,4,6H2,1-3H3. The smallest absolute Gasteiger partial charge is 0.106 e. The van der Waals surface area contributed by atoms with Gasteiger partial charge in [0.25, 0.3) is 0 Å². The largest absolute Gasteiger partial charge is 0.247 e. The zero-order valence-electron chi connectivity index (χ0n) is 7.60. The van der Waals surface area contributed by atoms with Crippen molar-refractivity contribution >= 4 is 0 Å². The molecule has 0 aliphatic heterocycles. The molecule has 0 radical (unpaired) electrons. The molecular formula is C10H17F. The SMILES string of the molecule is CCC(C)=CCC1C(C)C1F. The van der Waals surface area contributed by atoms with Gasteiger partial charge in [0.05, 0.1) is 0 Å². The van der Waals surface area contributed by atoms with Gasteiger partial charge in [-0.3, -0.25) is 0 Å². The van der Waals surface area contributed by atoms with Gasteiger partial charge in [-0.15, -0.1) is 0 Å². The topological polar surface area (TPSA) is 0 Å². The van der Waals surface area contributed by atoms with Gasteiger partial charge in [0.2, 0.25) is 0 Å². The van der Waals surface area contributed by atoms with Gasteiger partial charge in [0.1, 0.15) is 6.17 Å². The van der Waals surface area contributed by atoms with Crippen LogP contribution in [-0.2, 0) is 0 Å². The van der Waals surface area contributed by atoms with Crippen molar-refractivity contribution in [2.24, 2.45) is 11.8 Å². The van der Waals surface area contributed by atoms with E-state index in [1.165, 1.54) is 5.57 Å². The minimum Gasteiger partial charge on any atom is -0.247 e. The van der Waals surface area contributed by atoms with E-state index >= 15 is 0 Å². The lowest BCUT2D eigenvalue weighted by molar-refractivity contribution is 0.435. The number of hydrogen-bond acceptors (Lipinski definition) is 0. The van der Waals surface area contributed by atoms with Crippen molar-refractivity contribution in [1.29, 1.82) is 0 Å². The van der Waals surface area contributed by atoms with Crippen LogP contribution in [0.2, 0.25) is 0 Å². The molecule has 0 nitrogen and oxygen atoms in total. The van der Waals surface area contributed by atoms with Crippen LogP contribution in [0.15, 0.2) is 11.6 Å². The van der Waals surface area contributed by atoms with Crippen molar-refractivity contribution in [1.82, 2.24) is 0 Å². The Hall–Kier alpha value is -0.330. The predicted molar refractivity (Wildman–Crippen MR) is 46.2 cm³/mol. The molecule has 0 aromatic carbocycles. The van der Waals surface area contributed by atoms with E-state index in [0.717, 1.165) is 12.8 Å². The highest BCUT2D eigenvalue weighted by molar-refractivity contribution is 5.04. The van der Waals surface area contributed by atoms with Crippen LogP contribution < -0.4 is 0 Å². The van der Waals surface area contributed by atoms with E-state index in [1.807, 2.05) is 6.92 Å². The third-order valence-corrected chi connectivity index (χ3v) is 2.74. The Labute approximate surface area is 68.5 Å². The average Bonchev–Trinajstić information content (AvgIpc) is 2.56. The molecule has 1 heteroatoms. The molecule has 1 aliphatic carbocycles. The van der Waals surface area contributed by atoms with E-state index in [1.54, 1.807) is 0 Å². The lowest BCUT2D eigenvalue weighted by atomic mass is 10.1. The summed E-state index contributed by atoms with van der Waals surface area (Å²) >= 11 is 0. The third kappa shape index (κ3) is 2.05. The number of rotatable bonds is 3. The number of allylic oxidation sites excluding steroid dienone is 2. The van der Waals surface area contributed by atoms with Crippen molar-refractivity contribution in [3.63, 3.8) is 0 Å². The predicted octanol–water partition coefficient (Wildman–Crippen LogP) is 3.34. The molecule has 0 bridgehead atoms. The summed E-state index contributed by atoms with van der Waals surface area (Å²) in [4.78, 5) is 0. The third-order valence-electron chi connectivity index (χ3n) is 2.74. The summed E-state index contributed by atoms with van der Waals surface area (Å²) in [6.45, 7) is 6.24. The molecule has 1 aliphatic rings. The first-order valence-corrected chi connectivity index (χ1v) is 4.46. The van der Waals surface area contributed by atoms with Gasteiger partial charge >= 0.3 is 0 Å². The molecule has 0 N–H and O–H groups in total. The van der Waals surface area contributed by atoms with Gasteiger partial charge in [-0.2, -0.15) is 0 Å². The monoisotopic (exact) mass is 156 g/mol. The molecule has 0 heterocycles. The van der Waals surface area contributed by atoms with Crippen LogP contribution in [-0.4, -0.2) is 6.17 Å². The van der Waals surface area contributed by atoms with E-state index < -0.39 is 6.17 Å². The molecule has 11 heavy (non-hydrogen) atoms. The molecule has 1 saturated carbocycles. The maximum Gasteiger partial charge on any atom is 0.106 e. The van der Waals surface area contributed by atoms with Crippen LogP contribution in [0.25, 0.3) is 0 Å². The van der Waals surface area contributed by atoms with Gasteiger partial charge in [-0.1, -0.05) is 25.5 Å². The van der Waals surface area contributed by atoms with Crippen LogP contribution in [0.3, 0.4) is 0 Å². The van der Waals surface area contributed by atoms with Gasteiger partial charge in [-0.25, -0.2) is 4.39 Å². The zero-order chi connectivity index (χ0) is 8.43. The maximum atomic E-state index is 12.7. The van der Waals surface area contributed by atoms with Crippen LogP contribution in [0, 0.1) is 11.8 Å². The first-order chi connectivity index (χ1) is 5.16. The van der Waals surface area contributed by atoms with E-state index in [2.05, 4.69) is 19.9 Å². The summed E-state index contributed by atoms with van der Waals surface area (Å²) in [6, 6.07) is 0. The second kappa shape index (κ2) is 3.38. The summed E-state index contributed by atoms with van der Waals surface area (Å²) in [5, 5.41) is 0.